The molecule has 2 N–H and O–H groups in total. The van der Waals surface area contributed by atoms with Crippen LogP contribution in [0.5, 0.6) is 5.75 Å². The van der Waals surface area contributed by atoms with Gasteiger partial charge in [-0.25, -0.2) is 4.39 Å². The Morgan fingerprint density at radius 3 is 2.83 bits per heavy atom. The largest absolute Gasteiger partial charge is 0.497 e. The number of aromatic nitrogens is 2. The minimum Gasteiger partial charge on any atom is -0.497 e. The lowest BCUT2D eigenvalue weighted by molar-refractivity contribution is 0.0940. The summed E-state index contributed by atoms with van der Waals surface area (Å²) in [4.78, 5) is 14.5. The molecule has 1 aromatic heterocycles. The van der Waals surface area contributed by atoms with Crippen LogP contribution in [0, 0.1) is 5.82 Å². The summed E-state index contributed by atoms with van der Waals surface area (Å²) >= 11 is 6.02. The highest BCUT2D eigenvalue weighted by Crippen LogP contribution is 2.26. The Hall–Kier alpha value is -3.06. The van der Waals surface area contributed by atoms with Gasteiger partial charge in [0.15, 0.2) is 5.82 Å². The summed E-state index contributed by atoms with van der Waals surface area (Å²) in [6.45, 7) is 1.38. The van der Waals surface area contributed by atoms with E-state index in [0.29, 0.717) is 6.54 Å². The molecule has 1 aliphatic rings. The average Bonchev–Trinajstić information content (AvgIpc) is 3.39. The molecule has 6 nitrogen and oxygen atoms in total. The number of carbonyl (C=O) groups excluding carboxylic acids is 1. The first kappa shape index (κ1) is 19.3. The van der Waals surface area contributed by atoms with E-state index >= 15 is 0 Å². The van der Waals surface area contributed by atoms with Crippen LogP contribution in [0.3, 0.4) is 0 Å². The molecule has 0 unspecified atom stereocenters. The Morgan fingerprint density at radius 1 is 1.28 bits per heavy atom. The van der Waals surface area contributed by atoms with E-state index in [0.717, 1.165) is 41.9 Å². The number of hydrogen-bond acceptors (Lipinski definition) is 4. The number of anilines is 1. The summed E-state index contributed by atoms with van der Waals surface area (Å²) in [5.41, 5.74) is 2.06. The molecule has 4 rings (SSSR count). The molecule has 3 aromatic rings. The van der Waals surface area contributed by atoms with Crippen molar-refractivity contribution in [3.05, 3.63) is 64.9 Å². The van der Waals surface area contributed by atoms with Crippen LogP contribution in [0.1, 0.15) is 16.8 Å². The van der Waals surface area contributed by atoms with Crippen LogP contribution in [-0.2, 0) is 0 Å². The van der Waals surface area contributed by atoms with Crippen LogP contribution >= 0.6 is 11.6 Å². The van der Waals surface area contributed by atoms with Crippen LogP contribution in [0.25, 0.3) is 11.3 Å². The van der Waals surface area contributed by atoms with Gasteiger partial charge in [0.2, 0.25) is 0 Å². The fourth-order valence-electron chi connectivity index (χ4n) is 3.41. The number of carbonyl (C=O) groups is 1. The molecule has 0 aliphatic carbocycles. The lowest BCUT2D eigenvalue weighted by Crippen LogP contribution is -2.37. The van der Waals surface area contributed by atoms with Gasteiger partial charge in [0.25, 0.3) is 5.91 Å². The monoisotopic (exact) mass is 414 g/mol. The first-order valence-electron chi connectivity index (χ1n) is 9.24. The van der Waals surface area contributed by atoms with E-state index in [1.165, 1.54) is 12.1 Å². The Balaban J connectivity index is 1.40. The van der Waals surface area contributed by atoms with Crippen molar-refractivity contribution in [1.29, 1.82) is 0 Å². The predicted octanol–water partition coefficient (Wildman–Crippen LogP) is 3.89. The van der Waals surface area contributed by atoms with Crippen molar-refractivity contribution in [2.45, 2.75) is 12.5 Å². The smallest absolute Gasteiger partial charge is 0.253 e. The molecule has 1 saturated heterocycles. The van der Waals surface area contributed by atoms with Crippen molar-refractivity contribution < 1.29 is 13.9 Å². The van der Waals surface area contributed by atoms with Crippen molar-refractivity contribution in [3.8, 4) is 17.0 Å². The first-order chi connectivity index (χ1) is 14.0. The number of methoxy groups -OCH3 is 1. The number of hydrogen-bond donors (Lipinski definition) is 2. The molecule has 1 atom stereocenters. The molecule has 1 aliphatic heterocycles. The fourth-order valence-corrected chi connectivity index (χ4v) is 3.62. The van der Waals surface area contributed by atoms with Crippen molar-refractivity contribution >= 4 is 23.3 Å². The molecule has 8 heteroatoms. The number of aromatic amines is 1. The van der Waals surface area contributed by atoms with Crippen molar-refractivity contribution in [2.75, 3.05) is 25.1 Å². The third-order valence-electron chi connectivity index (χ3n) is 4.99. The number of benzene rings is 2. The number of ether oxygens (including phenoxy) is 1. The standard InChI is InChI=1S/C21H20ClFN4O2/c1-29-16-5-2-13(3-6-16)19-11-20(26-25-19)27-9-8-15(12-27)24-21(28)17-10-14(23)4-7-18(17)22/h2-7,10-11,15H,8-9,12H2,1H3,(H,24,28)(H,25,26)/t15-/m1/s1. The van der Waals surface area contributed by atoms with E-state index in [2.05, 4.69) is 20.4 Å². The van der Waals surface area contributed by atoms with Gasteiger partial charge in [0.1, 0.15) is 11.6 Å². The van der Waals surface area contributed by atoms with E-state index < -0.39 is 5.82 Å². The average molecular weight is 415 g/mol. The van der Waals surface area contributed by atoms with Gasteiger partial charge < -0.3 is 15.0 Å². The number of amides is 1. The number of rotatable bonds is 5. The third-order valence-corrected chi connectivity index (χ3v) is 5.32. The van der Waals surface area contributed by atoms with Gasteiger partial charge in [0.05, 0.1) is 23.4 Å². The lowest BCUT2D eigenvalue weighted by Gasteiger charge is -2.16. The molecular weight excluding hydrogens is 395 g/mol. The van der Waals surface area contributed by atoms with Crippen LogP contribution < -0.4 is 15.0 Å². The number of halogens is 2. The zero-order valence-electron chi connectivity index (χ0n) is 15.8. The highest BCUT2D eigenvalue weighted by Gasteiger charge is 2.26. The van der Waals surface area contributed by atoms with Crippen LogP contribution in [0.15, 0.2) is 48.5 Å². The molecular formula is C21H20ClFN4O2. The Bertz CT molecular complexity index is 1020. The minimum absolute atomic E-state index is 0.0667. The molecule has 1 fully saturated rings. The quantitative estimate of drug-likeness (QED) is 0.664. The highest BCUT2D eigenvalue weighted by molar-refractivity contribution is 6.33. The number of H-pyrrole nitrogens is 1. The highest BCUT2D eigenvalue weighted by atomic mass is 35.5. The van der Waals surface area contributed by atoms with Gasteiger partial charge in [-0.1, -0.05) is 11.6 Å². The molecule has 2 aromatic carbocycles. The Labute approximate surface area is 172 Å². The topological polar surface area (TPSA) is 70.2 Å². The summed E-state index contributed by atoms with van der Waals surface area (Å²) in [6.07, 6.45) is 0.767. The molecule has 0 radical (unpaired) electrons. The molecule has 29 heavy (non-hydrogen) atoms. The van der Waals surface area contributed by atoms with Gasteiger partial charge in [0, 0.05) is 25.2 Å². The molecule has 150 valence electrons. The molecule has 2 heterocycles. The zero-order chi connectivity index (χ0) is 20.4. The van der Waals surface area contributed by atoms with Crippen LogP contribution in [-0.4, -0.2) is 42.3 Å². The van der Waals surface area contributed by atoms with Crippen LogP contribution in [0.2, 0.25) is 5.02 Å². The lowest BCUT2D eigenvalue weighted by atomic mass is 10.1. The van der Waals surface area contributed by atoms with Gasteiger partial charge >= 0.3 is 0 Å². The molecule has 1 amide bonds. The van der Waals surface area contributed by atoms with Gasteiger partial charge in [-0.2, -0.15) is 5.10 Å². The van der Waals surface area contributed by atoms with Crippen molar-refractivity contribution in [1.82, 2.24) is 15.5 Å². The second-order valence-electron chi connectivity index (χ2n) is 6.90. The van der Waals surface area contributed by atoms with Gasteiger partial charge in [-0.15, -0.1) is 0 Å². The number of nitrogens with one attached hydrogen (secondary N) is 2. The Morgan fingerprint density at radius 2 is 2.07 bits per heavy atom. The normalized spacial score (nSPS) is 16.1. The predicted molar refractivity (Wildman–Crippen MR) is 110 cm³/mol. The molecule has 0 spiro atoms. The van der Waals surface area contributed by atoms with Gasteiger partial charge in [-0.05, 0) is 54.4 Å². The minimum atomic E-state index is -0.491. The number of nitrogens with zero attached hydrogens (tertiary/aromatic N) is 2. The fraction of sp³-hybridized carbons (Fsp3) is 0.238. The van der Waals surface area contributed by atoms with Gasteiger partial charge in [-0.3, -0.25) is 9.89 Å². The summed E-state index contributed by atoms with van der Waals surface area (Å²) in [6, 6.07) is 13.4. The second kappa shape index (κ2) is 8.13. The maximum absolute atomic E-state index is 13.4. The summed E-state index contributed by atoms with van der Waals surface area (Å²) in [7, 11) is 1.63. The van der Waals surface area contributed by atoms with Crippen molar-refractivity contribution in [3.63, 3.8) is 0 Å². The summed E-state index contributed by atoms with van der Waals surface area (Å²) in [5, 5.41) is 10.6. The molecule has 0 bridgehead atoms. The summed E-state index contributed by atoms with van der Waals surface area (Å²) in [5.74, 6) is 0.749. The van der Waals surface area contributed by atoms with E-state index in [-0.39, 0.29) is 22.5 Å². The van der Waals surface area contributed by atoms with Crippen molar-refractivity contribution in [2.24, 2.45) is 0 Å². The van der Waals surface area contributed by atoms with Crippen LogP contribution in [0.4, 0.5) is 10.2 Å². The SMILES string of the molecule is COc1ccc(-c2cc(N3CC[C@@H](NC(=O)c4cc(F)ccc4Cl)C3)n[nH]2)cc1. The maximum Gasteiger partial charge on any atom is 0.253 e. The molecule has 0 saturated carbocycles. The summed E-state index contributed by atoms with van der Waals surface area (Å²) < 4.78 is 18.6. The van der Waals surface area contributed by atoms with E-state index in [4.69, 9.17) is 16.3 Å². The third kappa shape index (κ3) is 4.19. The maximum atomic E-state index is 13.4. The second-order valence-corrected chi connectivity index (χ2v) is 7.30. The van der Waals surface area contributed by atoms with E-state index in [1.807, 2.05) is 30.3 Å². The van der Waals surface area contributed by atoms with E-state index in [1.54, 1.807) is 7.11 Å². The van der Waals surface area contributed by atoms with E-state index in [9.17, 15) is 9.18 Å². The Kier molecular flexibility index (Phi) is 5.40. The first-order valence-corrected chi connectivity index (χ1v) is 9.62. The zero-order valence-corrected chi connectivity index (χ0v) is 16.5.